The van der Waals surface area contributed by atoms with Gasteiger partial charge in [0.15, 0.2) is 0 Å². The molecule has 1 aromatic rings. The topological polar surface area (TPSA) is 71.8 Å². The number of aromatic nitrogens is 2. The van der Waals surface area contributed by atoms with E-state index in [9.17, 15) is 4.79 Å². The van der Waals surface area contributed by atoms with Crippen LogP contribution in [0.4, 0.5) is 0 Å². The fourth-order valence-electron chi connectivity index (χ4n) is 1.38. The van der Waals surface area contributed by atoms with E-state index in [0.717, 1.165) is 24.4 Å². The summed E-state index contributed by atoms with van der Waals surface area (Å²) < 4.78 is 0. The smallest absolute Gasteiger partial charge is 0.251 e. The minimum Gasteiger partial charge on any atom is -0.330 e. The molecule has 1 heterocycles. The van der Waals surface area contributed by atoms with E-state index in [1.165, 1.54) is 6.07 Å². The highest BCUT2D eigenvalue weighted by molar-refractivity contribution is 5.03. The molecule has 0 saturated heterocycles. The number of nitrogens with two attached hydrogens (primary N) is 1. The van der Waals surface area contributed by atoms with Crippen molar-refractivity contribution in [3.05, 3.63) is 27.9 Å². The highest BCUT2D eigenvalue weighted by atomic mass is 16.1. The van der Waals surface area contributed by atoms with Gasteiger partial charge in [-0.15, -0.1) is 0 Å². The van der Waals surface area contributed by atoms with Crippen LogP contribution in [0.3, 0.4) is 0 Å². The zero-order valence-corrected chi connectivity index (χ0v) is 9.42. The second kappa shape index (κ2) is 5.66. The summed E-state index contributed by atoms with van der Waals surface area (Å²) >= 11 is 0. The molecule has 0 aliphatic rings. The van der Waals surface area contributed by atoms with Crippen molar-refractivity contribution in [1.82, 2.24) is 9.97 Å². The van der Waals surface area contributed by atoms with E-state index < -0.39 is 0 Å². The van der Waals surface area contributed by atoms with E-state index in [4.69, 9.17) is 5.73 Å². The molecule has 15 heavy (non-hydrogen) atoms. The van der Waals surface area contributed by atoms with Crippen molar-refractivity contribution in [3.63, 3.8) is 0 Å². The van der Waals surface area contributed by atoms with Crippen molar-refractivity contribution in [1.29, 1.82) is 0 Å². The van der Waals surface area contributed by atoms with Crippen molar-refractivity contribution in [2.24, 2.45) is 11.7 Å². The molecule has 0 fully saturated rings. The Morgan fingerprint density at radius 3 is 2.80 bits per heavy atom. The minimum atomic E-state index is -0.0767. The van der Waals surface area contributed by atoms with Gasteiger partial charge in [-0.1, -0.05) is 13.8 Å². The first-order chi connectivity index (χ1) is 7.11. The Morgan fingerprint density at radius 1 is 1.47 bits per heavy atom. The van der Waals surface area contributed by atoms with Gasteiger partial charge in [0.1, 0.15) is 5.82 Å². The monoisotopic (exact) mass is 209 g/mol. The minimum absolute atomic E-state index is 0.0767. The highest BCUT2D eigenvalue weighted by Crippen LogP contribution is 2.04. The highest BCUT2D eigenvalue weighted by Gasteiger charge is 2.02. The van der Waals surface area contributed by atoms with Gasteiger partial charge in [-0.25, -0.2) is 4.98 Å². The molecule has 3 N–H and O–H groups in total. The Balaban J connectivity index is 2.75. The van der Waals surface area contributed by atoms with Crippen LogP contribution in [-0.4, -0.2) is 16.5 Å². The average molecular weight is 209 g/mol. The van der Waals surface area contributed by atoms with Gasteiger partial charge in [0.25, 0.3) is 5.56 Å². The molecule has 0 aliphatic carbocycles. The van der Waals surface area contributed by atoms with Crippen LogP contribution < -0.4 is 11.3 Å². The number of rotatable bonds is 5. The van der Waals surface area contributed by atoms with Gasteiger partial charge in [-0.2, -0.15) is 0 Å². The van der Waals surface area contributed by atoms with E-state index in [2.05, 4.69) is 23.8 Å². The summed E-state index contributed by atoms with van der Waals surface area (Å²) in [4.78, 5) is 18.4. The summed E-state index contributed by atoms with van der Waals surface area (Å²) in [7, 11) is 0. The van der Waals surface area contributed by atoms with Crippen LogP contribution in [-0.2, 0) is 12.8 Å². The van der Waals surface area contributed by atoms with Crippen molar-refractivity contribution >= 4 is 0 Å². The fourth-order valence-corrected chi connectivity index (χ4v) is 1.38. The van der Waals surface area contributed by atoms with Crippen LogP contribution in [0.1, 0.15) is 31.8 Å². The van der Waals surface area contributed by atoms with Crippen LogP contribution in [0.25, 0.3) is 0 Å². The van der Waals surface area contributed by atoms with E-state index in [1.807, 2.05) is 0 Å². The van der Waals surface area contributed by atoms with Gasteiger partial charge in [0, 0.05) is 24.6 Å². The molecule has 0 radical (unpaired) electrons. The third-order valence-electron chi connectivity index (χ3n) is 2.20. The lowest BCUT2D eigenvalue weighted by molar-refractivity contribution is 0.572. The van der Waals surface area contributed by atoms with Gasteiger partial charge >= 0.3 is 0 Å². The molecule has 0 atom stereocenters. The first-order valence-corrected chi connectivity index (χ1v) is 5.41. The predicted molar refractivity (Wildman–Crippen MR) is 60.8 cm³/mol. The lowest BCUT2D eigenvalue weighted by Gasteiger charge is -2.05. The zero-order valence-electron chi connectivity index (χ0n) is 9.42. The number of hydrogen-bond donors (Lipinski definition) is 2. The molecule has 0 spiro atoms. The SMILES string of the molecule is CC(C)CCc1nc(CCN)cc(=O)[nH]1. The molecule has 0 bridgehead atoms. The Hall–Kier alpha value is -1.16. The van der Waals surface area contributed by atoms with Crippen LogP contribution in [0.15, 0.2) is 10.9 Å². The molecule has 0 unspecified atom stereocenters. The van der Waals surface area contributed by atoms with Crippen molar-refractivity contribution < 1.29 is 0 Å². The standard InChI is InChI=1S/C11H19N3O/c1-8(2)3-4-10-13-9(5-6-12)7-11(15)14-10/h7-8H,3-6,12H2,1-2H3,(H,13,14,15). The normalized spacial score (nSPS) is 10.9. The molecule has 1 rings (SSSR count). The molecule has 4 heteroatoms. The van der Waals surface area contributed by atoms with Crippen LogP contribution in [0, 0.1) is 5.92 Å². The number of nitrogens with one attached hydrogen (secondary N) is 1. The zero-order chi connectivity index (χ0) is 11.3. The second-order valence-corrected chi connectivity index (χ2v) is 4.15. The first kappa shape index (κ1) is 11.9. The summed E-state index contributed by atoms with van der Waals surface area (Å²) in [5.41, 5.74) is 6.15. The Kier molecular flexibility index (Phi) is 4.49. The van der Waals surface area contributed by atoms with Crippen LogP contribution in [0.2, 0.25) is 0 Å². The van der Waals surface area contributed by atoms with Crippen LogP contribution >= 0.6 is 0 Å². The summed E-state index contributed by atoms with van der Waals surface area (Å²) in [5, 5.41) is 0. The van der Waals surface area contributed by atoms with Crippen molar-refractivity contribution in [3.8, 4) is 0 Å². The maximum absolute atomic E-state index is 11.3. The third-order valence-corrected chi connectivity index (χ3v) is 2.20. The molecular weight excluding hydrogens is 190 g/mol. The summed E-state index contributed by atoms with van der Waals surface area (Å²) in [6, 6.07) is 1.52. The molecule has 0 aliphatic heterocycles. The lowest BCUT2D eigenvalue weighted by Crippen LogP contribution is -2.15. The second-order valence-electron chi connectivity index (χ2n) is 4.15. The van der Waals surface area contributed by atoms with E-state index in [-0.39, 0.29) is 5.56 Å². The van der Waals surface area contributed by atoms with Gasteiger partial charge in [-0.05, 0) is 18.9 Å². The quantitative estimate of drug-likeness (QED) is 0.755. The number of aryl methyl sites for hydroxylation is 1. The maximum atomic E-state index is 11.3. The molecule has 0 aromatic carbocycles. The first-order valence-electron chi connectivity index (χ1n) is 5.41. The number of nitrogens with zero attached hydrogens (tertiary/aromatic N) is 1. The van der Waals surface area contributed by atoms with Gasteiger partial charge in [0.2, 0.25) is 0 Å². The fraction of sp³-hybridized carbons (Fsp3) is 0.636. The summed E-state index contributed by atoms with van der Waals surface area (Å²) in [6.07, 6.45) is 2.53. The molecule has 84 valence electrons. The molecule has 0 saturated carbocycles. The van der Waals surface area contributed by atoms with Crippen molar-refractivity contribution in [2.75, 3.05) is 6.54 Å². The molecule has 0 amide bonds. The molecule has 4 nitrogen and oxygen atoms in total. The predicted octanol–water partition coefficient (Wildman–Crippen LogP) is 0.860. The van der Waals surface area contributed by atoms with E-state index in [1.54, 1.807) is 0 Å². The number of H-pyrrole nitrogens is 1. The number of aromatic amines is 1. The number of hydrogen-bond acceptors (Lipinski definition) is 3. The largest absolute Gasteiger partial charge is 0.330 e. The molecular formula is C11H19N3O. The maximum Gasteiger partial charge on any atom is 0.251 e. The van der Waals surface area contributed by atoms with Crippen LogP contribution in [0.5, 0.6) is 0 Å². The lowest BCUT2D eigenvalue weighted by atomic mass is 10.1. The van der Waals surface area contributed by atoms with Gasteiger partial charge < -0.3 is 10.7 Å². The van der Waals surface area contributed by atoms with E-state index >= 15 is 0 Å². The van der Waals surface area contributed by atoms with Gasteiger partial charge in [-0.3, -0.25) is 4.79 Å². The van der Waals surface area contributed by atoms with Crippen molar-refractivity contribution in [2.45, 2.75) is 33.1 Å². The summed E-state index contributed by atoms with van der Waals surface area (Å²) in [6.45, 7) is 4.84. The molecule has 1 aromatic heterocycles. The third kappa shape index (κ3) is 4.25. The Labute approximate surface area is 89.9 Å². The summed E-state index contributed by atoms with van der Waals surface area (Å²) in [5.74, 6) is 1.40. The van der Waals surface area contributed by atoms with E-state index in [0.29, 0.717) is 18.9 Å². The van der Waals surface area contributed by atoms with Gasteiger partial charge in [0.05, 0.1) is 0 Å². The Bertz CT molecular complexity index is 357. The average Bonchev–Trinajstić information content (AvgIpc) is 2.14. The Morgan fingerprint density at radius 2 is 2.20 bits per heavy atom.